The van der Waals surface area contributed by atoms with E-state index in [-0.39, 0.29) is 0 Å². The molecule has 1 aromatic carbocycles. The first-order valence-corrected chi connectivity index (χ1v) is 5.91. The van der Waals surface area contributed by atoms with Crippen molar-refractivity contribution in [2.75, 3.05) is 14.2 Å². The highest BCUT2D eigenvalue weighted by Crippen LogP contribution is 2.28. The molecule has 0 saturated heterocycles. The summed E-state index contributed by atoms with van der Waals surface area (Å²) in [4.78, 5) is 4.11. The molecule has 0 fully saturated rings. The Hall–Kier alpha value is -1.49. The van der Waals surface area contributed by atoms with E-state index in [9.17, 15) is 0 Å². The molecule has 0 aliphatic carbocycles. The number of rotatable bonds is 4. The van der Waals surface area contributed by atoms with E-state index >= 15 is 0 Å². The number of hydrogen-bond acceptors (Lipinski definition) is 3. The molecule has 0 spiro atoms. The molecule has 90 valence electrons. The van der Waals surface area contributed by atoms with Gasteiger partial charge in [0, 0.05) is 18.9 Å². The lowest BCUT2D eigenvalue weighted by Crippen LogP contribution is -1.99. The van der Waals surface area contributed by atoms with Crippen LogP contribution in [0.1, 0.15) is 5.56 Å². The molecule has 1 heterocycles. The summed E-state index contributed by atoms with van der Waals surface area (Å²) in [5, 5.41) is 0. The van der Waals surface area contributed by atoms with Gasteiger partial charge < -0.3 is 14.0 Å². The van der Waals surface area contributed by atoms with Gasteiger partial charge in [0.1, 0.15) is 0 Å². The third-order valence-corrected chi connectivity index (χ3v) is 3.13. The number of ether oxygens (including phenoxy) is 2. The van der Waals surface area contributed by atoms with Crippen molar-refractivity contribution in [2.24, 2.45) is 0 Å². The number of nitrogens with zero attached hydrogens (tertiary/aromatic N) is 2. The first-order valence-electron chi connectivity index (χ1n) is 5.12. The van der Waals surface area contributed by atoms with Crippen molar-refractivity contribution in [1.29, 1.82) is 0 Å². The second-order valence-corrected chi connectivity index (χ2v) is 4.22. The van der Waals surface area contributed by atoms with E-state index in [1.807, 2.05) is 29.0 Å². The Kier molecular flexibility index (Phi) is 3.68. The fourth-order valence-corrected chi connectivity index (χ4v) is 1.97. The van der Waals surface area contributed by atoms with Crippen molar-refractivity contribution in [1.82, 2.24) is 9.55 Å². The Bertz CT molecular complexity index is 511. The molecule has 4 nitrogen and oxygen atoms in total. The highest BCUT2D eigenvalue weighted by molar-refractivity contribution is 9.10. The summed E-state index contributed by atoms with van der Waals surface area (Å²) < 4.78 is 13.3. The number of halogens is 1. The van der Waals surface area contributed by atoms with Gasteiger partial charge in [-0.2, -0.15) is 0 Å². The Labute approximate surface area is 108 Å². The first kappa shape index (κ1) is 12.0. The van der Waals surface area contributed by atoms with Gasteiger partial charge in [0.15, 0.2) is 16.2 Å². The fourth-order valence-electron chi connectivity index (χ4n) is 1.60. The van der Waals surface area contributed by atoms with Crippen molar-refractivity contribution in [3.8, 4) is 11.5 Å². The van der Waals surface area contributed by atoms with Crippen LogP contribution >= 0.6 is 15.9 Å². The minimum absolute atomic E-state index is 0.737. The number of imidazole rings is 1. The van der Waals surface area contributed by atoms with Gasteiger partial charge in [-0.25, -0.2) is 4.98 Å². The average molecular weight is 297 g/mol. The van der Waals surface area contributed by atoms with Crippen LogP contribution in [0.3, 0.4) is 0 Å². The first-order chi connectivity index (χ1) is 8.24. The Balaban J connectivity index is 2.25. The molecular formula is C12H13BrN2O2. The van der Waals surface area contributed by atoms with Gasteiger partial charge in [0.2, 0.25) is 0 Å². The molecule has 1 aromatic heterocycles. The maximum Gasteiger partial charge on any atom is 0.177 e. The molecule has 0 amide bonds. The van der Waals surface area contributed by atoms with E-state index < -0.39 is 0 Å². The topological polar surface area (TPSA) is 36.3 Å². The van der Waals surface area contributed by atoms with E-state index in [2.05, 4.69) is 20.9 Å². The number of hydrogen-bond donors (Lipinski definition) is 0. The second kappa shape index (κ2) is 5.23. The molecule has 0 atom stereocenters. The average Bonchev–Trinajstić information content (AvgIpc) is 2.75. The van der Waals surface area contributed by atoms with Gasteiger partial charge in [-0.1, -0.05) is 6.07 Å². The third-order valence-electron chi connectivity index (χ3n) is 2.47. The molecule has 2 rings (SSSR count). The van der Waals surface area contributed by atoms with Crippen LogP contribution < -0.4 is 9.47 Å². The van der Waals surface area contributed by atoms with Crippen LogP contribution in [0, 0.1) is 0 Å². The molecule has 0 saturated carbocycles. The van der Waals surface area contributed by atoms with Crippen molar-refractivity contribution in [3.05, 3.63) is 40.9 Å². The molecule has 2 aromatic rings. The van der Waals surface area contributed by atoms with Gasteiger partial charge in [-0.15, -0.1) is 0 Å². The molecule has 17 heavy (non-hydrogen) atoms. The van der Waals surface area contributed by atoms with Gasteiger partial charge in [0.05, 0.1) is 14.2 Å². The van der Waals surface area contributed by atoms with E-state index in [1.165, 1.54) is 0 Å². The fraction of sp³-hybridized carbons (Fsp3) is 0.250. The summed E-state index contributed by atoms with van der Waals surface area (Å²) in [6.45, 7) is 0.737. The van der Waals surface area contributed by atoms with Crippen LogP contribution in [-0.4, -0.2) is 23.8 Å². The van der Waals surface area contributed by atoms with E-state index in [1.54, 1.807) is 20.4 Å². The minimum Gasteiger partial charge on any atom is -0.493 e. The van der Waals surface area contributed by atoms with Gasteiger partial charge in [-0.05, 0) is 33.6 Å². The van der Waals surface area contributed by atoms with Crippen LogP contribution in [0.15, 0.2) is 35.3 Å². The molecule has 5 heteroatoms. The number of aromatic nitrogens is 2. The van der Waals surface area contributed by atoms with Crippen LogP contribution in [0.2, 0.25) is 0 Å². The minimum atomic E-state index is 0.737. The summed E-state index contributed by atoms with van der Waals surface area (Å²) in [5.41, 5.74) is 1.13. The largest absolute Gasteiger partial charge is 0.493 e. The summed E-state index contributed by atoms with van der Waals surface area (Å²) in [6.07, 6.45) is 3.67. The van der Waals surface area contributed by atoms with Crippen molar-refractivity contribution in [3.63, 3.8) is 0 Å². The van der Waals surface area contributed by atoms with Crippen LogP contribution in [0.25, 0.3) is 0 Å². The van der Waals surface area contributed by atoms with Crippen molar-refractivity contribution < 1.29 is 9.47 Å². The maximum absolute atomic E-state index is 5.26. The number of benzene rings is 1. The zero-order chi connectivity index (χ0) is 12.3. The standard InChI is InChI=1S/C12H13BrN2O2/c1-16-10-4-3-9(7-11(10)17-2)8-15-6-5-14-12(15)13/h3-7H,8H2,1-2H3. The zero-order valence-corrected chi connectivity index (χ0v) is 11.3. The highest BCUT2D eigenvalue weighted by atomic mass is 79.9. The van der Waals surface area contributed by atoms with E-state index in [0.29, 0.717) is 0 Å². The van der Waals surface area contributed by atoms with Crippen LogP contribution in [0.5, 0.6) is 11.5 Å². The Morgan fingerprint density at radius 2 is 2.00 bits per heavy atom. The quantitative estimate of drug-likeness (QED) is 0.870. The highest BCUT2D eigenvalue weighted by Gasteiger charge is 2.06. The normalized spacial score (nSPS) is 10.3. The lowest BCUT2D eigenvalue weighted by molar-refractivity contribution is 0.354. The lowest BCUT2D eigenvalue weighted by Gasteiger charge is -2.10. The Morgan fingerprint density at radius 1 is 1.24 bits per heavy atom. The molecule has 0 aliphatic rings. The molecule has 0 N–H and O–H groups in total. The third kappa shape index (κ3) is 2.61. The predicted molar refractivity (Wildman–Crippen MR) is 68.6 cm³/mol. The number of methoxy groups -OCH3 is 2. The monoisotopic (exact) mass is 296 g/mol. The maximum atomic E-state index is 5.26. The van der Waals surface area contributed by atoms with Gasteiger partial charge in [0.25, 0.3) is 0 Å². The van der Waals surface area contributed by atoms with Gasteiger partial charge in [-0.3, -0.25) is 0 Å². The molecule has 0 radical (unpaired) electrons. The van der Waals surface area contributed by atoms with Crippen LogP contribution in [0.4, 0.5) is 0 Å². The smallest absolute Gasteiger partial charge is 0.177 e. The molecule has 0 aliphatic heterocycles. The molecule has 0 unspecified atom stereocenters. The van der Waals surface area contributed by atoms with Crippen molar-refractivity contribution >= 4 is 15.9 Å². The molecule has 0 bridgehead atoms. The summed E-state index contributed by atoms with van der Waals surface area (Å²) in [7, 11) is 3.26. The summed E-state index contributed by atoms with van der Waals surface area (Å²) in [6, 6.07) is 5.87. The van der Waals surface area contributed by atoms with Crippen molar-refractivity contribution in [2.45, 2.75) is 6.54 Å². The van der Waals surface area contributed by atoms with E-state index in [4.69, 9.17) is 9.47 Å². The predicted octanol–water partition coefficient (Wildman–Crippen LogP) is 2.71. The summed E-state index contributed by atoms with van der Waals surface area (Å²) >= 11 is 3.38. The Morgan fingerprint density at radius 3 is 2.59 bits per heavy atom. The van der Waals surface area contributed by atoms with Gasteiger partial charge >= 0.3 is 0 Å². The van der Waals surface area contributed by atoms with E-state index in [0.717, 1.165) is 28.3 Å². The summed E-state index contributed by atoms with van der Waals surface area (Å²) in [5.74, 6) is 1.47. The zero-order valence-electron chi connectivity index (χ0n) is 9.68. The lowest BCUT2D eigenvalue weighted by atomic mass is 10.2. The second-order valence-electron chi connectivity index (χ2n) is 3.51. The van der Waals surface area contributed by atoms with Crippen LogP contribution in [-0.2, 0) is 6.54 Å². The molecular weight excluding hydrogens is 284 g/mol. The SMILES string of the molecule is COc1ccc(Cn2ccnc2Br)cc1OC.